The minimum atomic E-state index is -0.150. The summed E-state index contributed by atoms with van der Waals surface area (Å²) < 4.78 is 0. The van der Waals surface area contributed by atoms with Gasteiger partial charge in [0.05, 0.1) is 6.10 Å². The molecule has 1 aliphatic heterocycles. The molecule has 0 bridgehead atoms. The van der Waals surface area contributed by atoms with E-state index in [1.807, 2.05) is 6.92 Å². The van der Waals surface area contributed by atoms with E-state index in [0.717, 1.165) is 31.6 Å². The van der Waals surface area contributed by atoms with E-state index in [2.05, 4.69) is 10.2 Å². The first kappa shape index (κ1) is 11.4. The normalized spacial score (nSPS) is 29.6. The van der Waals surface area contributed by atoms with Crippen molar-refractivity contribution in [3.63, 3.8) is 0 Å². The summed E-state index contributed by atoms with van der Waals surface area (Å²) in [6.07, 6.45) is 6.18. The topological polar surface area (TPSA) is 35.5 Å². The lowest BCUT2D eigenvalue weighted by Crippen LogP contribution is -2.39. The van der Waals surface area contributed by atoms with Gasteiger partial charge in [-0.25, -0.2) is 0 Å². The van der Waals surface area contributed by atoms with Gasteiger partial charge < -0.3 is 10.4 Å². The van der Waals surface area contributed by atoms with Crippen molar-refractivity contribution in [3.8, 4) is 0 Å². The Bertz CT molecular complexity index is 180. The minimum absolute atomic E-state index is 0.150. The number of nitrogens with one attached hydrogen (secondary N) is 1. The van der Waals surface area contributed by atoms with Gasteiger partial charge in [-0.1, -0.05) is 0 Å². The van der Waals surface area contributed by atoms with Gasteiger partial charge in [0.25, 0.3) is 0 Å². The highest BCUT2D eigenvalue weighted by Crippen LogP contribution is 2.21. The minimum Gasteiger partial charge on any atom is -0.393 e. The highest BCUT2D eigenvalue weighted by atomic mass is 16.3. The second-order valence-corrected chi connectivity index (χ2v) is 5.15. The maximum absolute atomic E-state index is 9.28. The third-order valence-electron chi connectivity index (χ3n) is 3.55. The van der Waals surface area contributed by atoms with E-state index >= 15 is 0 Å². The van der Waals surface area contributed by atoms with E-state index in [4.69, 9.17) is 0 Å². The van der Waals surface area contributed by atoms with E-state index in [1.54, 1.807) is 0 Å². The zero-order chi connectivity index (χ0) is 10.7. The van der Waals surface area contributed by atoms with Crippen LogP contribution in [-0.4, -0.2) is 47.8 Å². The molecule has 2 fully saturated rings. The molecule has 0 aromatic rings. The van der Waals surface area contributed by atoms with Crippen LogP contribution in [0.1, 0.15) is 39.0 Å². The fourth-order valence-corrected chi connectivity index (χ4v) is 2.36. The van der Waals surface area contributed by atoms with Crippen LogP contribution in [0.2, 0.25) is 0 Å². The summed E-state index contributed by atoms with van der Waals surface area (Å²) in [5.74, 6) is 0. The van der Waals surface area contributed by atoms with Crippen LogP contribution < -0.4 is 5.32 Å². The first-order chi connectivity index (χ1) is 7.25. The highest BCUT2D eigenvalue weighted by Gasteiger charge is 2.27. The summed E-state index contributed by atoms with van der Waals surface area (Å²) in [5.41, 5.74) is 0. The maximum atomic E-state index is 9.28. The first-order valence-electron chi connectivity index (χ1n) is 6.41. The summed E-state index contributed by atoms with van der Waals surface area (Å²) in [6, 6.07) is 1.55. The molecule has 3 nitrogen and oxygen atoms in total. The van der Waals surface area contributed by atoms with Crippen molar-refractivity contribution >= 4 is 0 Å². The van der Waals surface area contributed by atoms with Crippen LogP contribution in [0.5, 0.6) is 0 Å². The molecule has 0 amide bonds. The molecule has 0 spiro atoms. The van der Waals surface area contributed by atoms with E-state index in [-0.39, 0.29) is 6.10 Å². The largest absolute Gasteiger partial charge is 0.393 e. The van der Waals surface area contributed by atoms with Crippen molar-refractivity contribution in [2.24, 2.45) is 0 Å². The molecule has 2 atom stereocenters. The molecule has 1 heterocycles. The summed E-state index contributed by atoms with van der Waals surface area (Å²) in [6.45, 7) is 5.33. The van der Waals surface area contributed by atoms with Crippen LogP contribution >= 0.6 is 0 Å². The summed E-state index contributed by atoms with van der Waals surface area (Å²) in [7, 11) is 0. The monoisotopic (exact) mass is 212 g/mol. The first-order valence-corrected chi connectivity index (χ1v) is 6.41. The van der Waals surface area contributed by atoms with Crippen LogP contribution in [0.15, 0.2) is 0 Å². The van der Waals surface area contributed by atoms with E-state index in [0.29, 0.717) is 0 Å². The third-order valence-corrected chi connectivity index (χ3v) is 3.55. The number of aliphatic hydroxyl groups excluding tert-OH is 1. The fourth-order valence-electron chi connectivity index (χ4n) is 2.36. The molecule has 0 aromatic carbocycles. The molecule has 0 aromatic heterocycles. The molecule has 2 N–H and O–H groups in total. The van der Waals surface area contributed by atoms with Gasteiger partial charge >= 0.3 is 0 Å². The molecule has 2 unspecified atom stereocenters. The number of likely N-dealkylation sites (tertiary alicyclic amines) is 1. The predicted octanol–water partition coefficient (Wildman–Crippen LogP) is 0.974. The third kappa shape index (κ3) is 3.74. The van der Waals surface area contributed by atoms with Crippen molar-refractivity contribution in [3.05, 3.63) is 0 Å². The van der Waals surface area contributed by atoms with Crippen LogP contribution in [0, 0.1) is 0 Å². The Morgan fingerprint density at radius 1 is 1.40 bits per heavy atom. The molecule has 15 heavy (non-hydrogen) atoms. The predicted molar refractivity (Wildman–Crippen MR) is 61.9 cm³/mol. The molecular weight excluding hydrogens is 188 g/mol. The lowest BCUT2D eigenvalue weighted by Gasteiger charge is -2.25. The fraction of sp³-hybridized carbons (Fsp3) is 1.00. The van der Waals surface area contributed by atoms with Gasteiger partial charge in [0.1, 0.15) is 0 Å². The van der Waals surface area contributed by atoms with Crippen LogP contribution in [0.25, 0.3) is 0 Å². The number of hydrogen-bond donors (Lipinski definition) is 2. The van der Waals surface area contributed by atoms with Gasteiger partial charge in [-0.3, -0.25) is 4.90 Å². The number of aliphatic hydroxyl groups is 1. The van der Waals surface area contributed by atoms with Gasteiger partial charge in [-0.05, 0) is 45.6 Å². The van der Waals surface area contributed by atoms with Crippen molar-refractivity contribution in [2.45, 2.75) is 57.2 Å². The Kier molecular flexibility index (Phi) is 4.00. The number of nitrogens with zero attached hydrogens (tertiary/aromatic N) is 1. The number of rotatable bonds is 6. The Hall–Kier alpha value is -0.120. The molecule has 88 valence electrons. The molecule has 2 aliphatic rings. The average molecular weight is 212 g/mol. The van der Waals surface area contributed by atoms with E-state index < -0.39 is 0 Å². The van der Waals surface area contributed by atoms with E-state index in [1.165, 1.54) is 32.2 Å². The zero-order valence-corrected chi connectivity index (χ0v) is 9.78. The number of hydrogen-bond acceptors (Lipinski definition) is 3. The van der Waals surface area contributed by atoms with Crippen molar-refractivity contribution in [1.29, 1.82) is 0 Å². The lowest BCUT2D eigenvalue weighted by molar-refractivity contribution is 0.150. The standard InChI is InChI=1S/C12H24N2O/c1-10(15)6-8-14-7-2-3-12(14)9-13-11-4-5-11/h10-13,15H,2-9H2,1H3. The molecule has 1 saturated carbocycles. The van der Waals surface area contributed by atoms with E-state index in [9.17, 15) is 5.11 Å². The molecule has 2 rings (SSSR count). The van der Waals surface area contributed by atoms with Gasteiger partial charge in [0, 0.05) is 25.2 Å². The molecule has 1 aliphatic carbocycles. The Morgan fingerprint density at radius 2 is 2.20 bits per heavy atom. The Labute approximate surface area is 92.8 Å². The molecule has 1 saturated heterocycles. The SMILES string of the molecule is CC(O)CCN1CCCC1CNC1CC1. The van der Waals surface area contributed by atoms with Gasteiger partial charge in [0.15, 0.2) is 0 Å². The van der Waals surface area contributed by atoms with Crippen LogP contribution in [0.3, 0.4) is 0 Å². The zero-order valence-electron chi connectivity index (χ0n) is 9.78. The highest BCUT2D eigenvalue weighted by molar-refractivity contribution is 4.86. The Morgan fingerprint density at radius 3 is 2.87 bits per heavy atom. The lowest BCUT2D eigenvalue weighted by atomic mass is 10.2. The van der Waals surface area contributed by atoms with Crippen molar-refractivity contribution < 1.29 is 5.11 Å². The average Bonchev–Trinajstić information content (AvgIpc) is 2.92. The molecule has 0 radical (unpaired) electrons. The second-order valence-electron chi connectivity index (χ2n) is 5.15. The smallest absolute Gasteiger partial charge is 0.0524 e. The molecular formula is C12H24N2O. The van der Waals surface area contributed by atoms with Gasteiger partial charge in [-0.2, -0.15) is 0 Å². The molecule has 3 heteroatoms. The van der Waals surface area contributed by atoms with Crippen LogP contribution in [0.4, 0.5) is 0 Å². The Balaban J connectivity index is 1.66. The van der Waals surface area contributed by atoms with Crippen molar-refractivity contribution in [1.82, 2.24) is 10.2 Å². The summed E-state index contributed by atoms with van der Waals surface area (Å²) >= 11 is 0. The maximum Gasteiger partial charge on any atom is 0.0524 e. The second kappa shape index (κ2) is 5.28. The summed E-state index contributed by atoms with van der Waals surface area (Å²) in [5, 5.41) is 12.9. The van der Waals surface area contributed by atoms with Gasteiger partial charge in [0.2, 0.25) is 0 Å². The van der Waals surface area contributed by atoms with Gasteiger partial charge in [-0.15, -0.1) is 0 Å². The van der Waals surface area contributed by atoms with Crippen molar-refractivity contribution in [2.75, 3.05) is 19.6 Å². The van der Waals surface area contributed by atoms with Crippen LogP contribution in [-0.2, 0) is 0 Å². The quantitative estimate of drug-likeness (QED) is 0.689. The summed E-state index contributed by atoms with van der Waals surface area (Å²) in [4.78, 5) is 2.54.